The Morgan fingerprint density at radius 3 is 2.40 bits per heavy atom. The number of likely N-dealkylation sites (N-methyl/N-ethyl adjacent to an activating group) is 1. The number of hydrogen-bond acceptors (Lipinski definition) is 4. The van der Waals surface area contributed by atoms with Crippen LogP contribution in [0.4, 0.5) is 5.95 Å². The third-order valence-electron chi connectivity index (χ3n) is 3.94. The van der Waals surface area contributed by atoms with Crippen molar-refractivity contribution in [2.24, 2.45) is 5.92 Å². The number of aromatic nitrogens is 2. The monoisotopic (exact) mass is 278 g/mol. The number of H-pyrrole nitrogens is 1. The molecule has 0 spiro atoms. The van der Waals surface area contributed by atoms with E-state index in [0.717, 1.165) is 56.4 Å². The Hall–Kier alpha value is -1.36. The second kappa shape index (κ2) is 6.39. The van der Waals surface area contributed by atoms with Gasteiger partial charge in [0, 0.05) is 37.4 Å². The fourth-order valence-electron chi connectivity index (χ4n) is 2.67. The first-order valence-electron chi connectivity index (χ1n) is 7.58. The van der Waals surface area contributed by atoms with Crippen molar-refractivity contribution < 1.29 is 0 Å². The Labute approximate surface area is 121 Å². The number of aromatic amines is 1. The summed E-state index contributed by atoms with van der Waals surface area (Å²) in [6.45, 7) is 13.4. The third kappa shape index (κ3) is 3.39. The molecular formula is C15H26N4O. The maximum absolute atomic E-state index is 12.2. The summed E-state index contributed by atoms with van der Waals surface area (Å²) in [4.78, 5) is 24.4. The first-order chi connectivity index (χ1) is 9.51. The summed E-state index contributed by atoms with van der Waals surface area (Å²) in [7, 11) is 0. The van der Waals surface area contributed by atoms with Gasteiger partial charge in [-0.1, -0.05) is 20.8 Å². The number of nitrogens with one attached hydrogen (secondary N) is 1. The molecule has 112 valence electrons. The molecule has 20 heavy (non-hydrogen) atoms. The number of nitrogens with zero attached hydrogens (tertiary/aromatic N) is 3. The van der Waals surface area contributed by atoms with Gasteiger partial charge in [-0.25, -0.2) is 4.98 Å². The van der Waals surface area contributed by atoms with Gasteiger partial charge in [0.2, 0.25) is 5.95 Å². The summed E-state index contributed by atoms with van der Waals surface area (Å²) in [5.74, 6) is 1.20. The molecule has 0 unspecified atom stereocenters. The van der Waals surface area contributed by atoms with E-state index in [-0.39, 0.29) is 5.56 Å². The van der Waals surface area contributed by atoms with Crippen LogP contribution in [0.15, 0.2) is 4.79 Å². The van der Waals surface area contributed by atoms with Gasteiger partial charge in [0.15, 0.2) is 0 Å². The molecule has 5 heteroatoms. The highest BCUT2D eigenvalue weighted by atomic mass is 16.1. The molecule has 0 amide bonds. The van der Waals surface area contributed by atoms with Crippen molar-refractivity contribution >= 4 is 5.95 Å². The van der Waals surface area contributed by atoms with Crippen LogP contribution in [0.3, 0.4) is 0 Å². The zero-order valence-electron chi connectivity index (χ0n) is 13.1. The predicted octanol–water partition coefficient (Wildman–Crippen LogP) is 1.42. The van der Waals surface area contributed by atoms with Crippen molar-refractivity contribution in [2.45, 2.75) is 34.1 Å². The lowest BCUT2D eigenvalue weighted by atomic mass is 10.0. The molecule has 5 nitrogen and oxygen atoms in total. The van der Waals surface area contributed by atoms with E-state index in [4.69, 9.17) is 0 Å². The second-order valence-corrected chi connectivity index (χ2v) is 5.97. The number of hydrogen-bond donors (Lipinski definition) is 1. The SMILES string of the molecule is CCN1CCN(c2nc(C)c(CC(C)C)c(=O)[nH]2)CC1. The minimum Gasteiger partial charge on any atom is -0.340 e. The molecule has 1 fully saturated rings. The highest BCUT2D eigenvalue weighted by molar-refractivity contribution is 5.33. The zero-order chi connectivity index (χ0) is 14.7. The predicted molar refractivity (Wildman–Crippen MR) is 82.5 cm³/mol. The normalized spacial score (nSPS) is 16.9. The third-order valence-corrected chi connectivity index (χ3v) is 3.94. The van der Waals surface area contributed by atoms with Crippen LogP contribution in [0.2, 0.25) is 0 Å². The molecule has 0 saturated carbocycles. The molecule has 1 N–H and O–H groups in total. The van der Waals surface area contributed by atoms with Crippen molar-refractivity contribution in [3.05, 3.63) is 21.6 Å². The molecule has 1 aromatic rings. The Balaban J connectivity index is 2.16. The molecule has 2 rings (SSSR count). The first kappa shape index (κ1) is 15.0. The molecule has 0 aliphatic carbocycles. The lowest BCUT2D eigenvalue weighted by Gasteiger charge is -2.34. The smallest absolute Gasteiger partial charge is 0.255 e. The summed E-state index contributed by atoms with van der Waals surface area (Å²) in [6.07, 6.45) is 0.790. The van der Waals surface area contributed by atoms with E-state index in [9.17, 15) is 4.79 Å². The van der Waals surface area contributed by atoms with Gasteiger partial charge in [0.1, 0.15) is 0 Å². The van der Waals surface area contributed by atoms with Crippen molar-refractivity contribution in [3.63, 3.8) is 0 Å². The van der Waals surface area contributed by atoms with Crippen LogP contribution in [0.25, 0.3) is 0 Å². The van der Waals surface area contributed by atoms with E-state index in [0.29, 0.717) is 5.92 Å². The molecule has 0 bridgehead atoms. The summed E-state index contributed by atoms with van der Waals surface area (Å²) < 4.78 is 0. The van der Waals surface area contributed by atoms with Gasteiger partial charge in [-0.3, -0.25) is 9.78 Å². The fourth-order valence-corrected chi connectivity index (χ4v) is 2.67. The topological polar surface area (TPSA) is 52.2 Å². The molecule has 1 aliphatic heterocycles. The molecule has 2 heterocycles. The maximum Gasteiger partial charge on any atom is 0.255 e. The largest absolute Gasteiger partial charge is 0.340 e. The van der Waals surface area contributed by atoms with Crippen molar-refractivity contribution in [2.75, 3.05) is 37.6 Å². The average Bonchev–Trinajstić information content (AvgIpc) is 2.42. The Bertz CT molecular complexity index is 501. The van der Waals surface area contributed by atoms with Crippen LogP contribution in [-0.2, 0) is 6.42 Å². The van der Waals surface area contributed by atoms with Crippen molar-refractivity contribution in [3.8, 4) is 0 Å². The Kier molecular flexibility index (Phi) is 4.81. The van der Waals surface area contributed by atoms with Crippen LogP contribution >= 0.6 is 0 Å². The average molecular weight is 278 g/mol. The summed E-state index contributed by atoms with van der Waals surface area (Å²) in [5, 5.41) is 0. The lowest BCUT2D eigenvalue weighted by Crippen LogP contribution is -2.47. The van der Waals surface area contributed by atoms with Crippen molar-refractivity contribution in [1.29, 1.82) is 0 Å². The van der Waals surface area contributed by atoms with E-state index < -0.39 is 0 Å². The fraction of sp³-hybridized carbons (Fsp3) is 0.733. The molecule has 0 radical (unpaired) electrons. The summed E-state index contributed by atoms with van der Waals surface area (Å²) in [5.41, 5.74) is 1.73. The number of piperazine rings is 1. The molecule has 1 saturated heterocycles. The van der Waals surface area contributed by atoms with Crippen LogP contribution in [0, 0.1) is 12.8 Å². The van der Waals surface area contributed by atoms with Gasteiger partial charge in [0.05, 0.1) is 0 Å². The minimum absolute atomic E-state index is 0.0270. The maximum atomic E-state index is 12.2. The van der Waals surface area contributed by atoms with Gasteiger partial charge < -0.3 is 9.80 Å². The van der Waals surface area contributed by atoms with E-state index in [1.807, 2.05) is 6.92 Å². The van der Waals surface area contributed by atoms with Gasteiger partial charge in [-0.05, 0) is 25.8 Å². The van der Waals surface area contributed by atoms with Crippen LogP contribution < -0.4 is 10.5 Å². The van der Waals surface area contributed by atoms with Gasteiger partial charge >= 0.3 is 0 Å². The lowest BCUT2D eigenvalue weighted by molar-refractivity contribution is 0.269. The van der Waals surface area contributed by atoms with Gasteiger partial charge in [-0.2, -0.15) is 0 Å². The van der Waals surface area contributed by atoms with E-state index in [2.05, 4.69) is 40.5 Å². The molecule has 1 aliphatic rings. The minimum atomic E-state index is 0.0270. The van der Waals surface area contributed by atoms with Crippen LogP contribution in [0.1, 0.15) is 32.0 Å². The summed E-state index contributed by atoms with van der Waals surface area (Å²) in [6, 6.07) is 0. The molecular weight excluding hydrogens is 252 g/mol. The number of rotatable bonds is 4. The van der Waals surface area contributed by atoms with Crippen molar-refractivity contribution in [1.82, 2.24) is 14.9 Å². The molecule has 0 atom stereocenters. The highest BCUT2D eigenvalue weighted by Gasteiger charge is 2.19. The quantitative estimate of drug-likeness (QED) is 0.905. The molecule has 0 aromatic carbocycles. The zero-order valence-corrected chi connectivity index (χ0v) is 13.1. The Morgan fingerprint density at radius 1 is 1.25 bits per heavy atom. The van der Waals surface area contributed by atoms with Crippen LogP contribution in [-0.4, -0.2) is 47.6 Å². The van der Waals surface area contributed by atoms with Gasteiger partial charge in [0.25, 0.3) is 5.56 Å². The van der Waals surface area contributed by atoms with E-state index in [1.165, 1.54) is 0 Å². The number of aryl methyl sites for hydroxylation is 1. The summed E-state index contributed by atoms with van der Waals surface area (Å²) >= 11 is 0. The standard InChI is InChI=1S/C15H26N4O/c1-5-18-6-8-19(9-7-18)15-16-12(4)13(10-11(2)3)14(20)17-15/h11H,5-10H2,1-4H3,(H,16,17,20). The number of anilines is 1. The second-order valence-electron chi connectivity index (χ2n) is 5.97. The van der Waals surface area contributed by atoms with E-state index in [1.54, 1.807) is 0 Å². The molecule has 1 aromatic heterocycles. The van der Waals surface area contributed by atoms with Gasteiger partial charge in [-0.15, -0.1) is 0 Å². The first-order valence-corrected chi connectivity index (χ1v) is 7.58. The van der Waals surface area contributed by atoms with E-state index >= 15 is 0 Å². The highest BCUT2D eigenvalue weighted by Crippen LogP contribution is 2.13. The van der Waals surface area contributed by atoms with Crippen LogP contribution in [0.5, 0.6) is 0 Å². The Morgan fingerprint density at radius 2 is 1.90 bits per heavy atom.